The molecule has 0 atom stereocenters. The average molecular weight is 380 g/mol. The Morgan fingerprint density at radius 2 is 1.50 bits per heavy atom. The number of hydrogen-bond donors (Lipinski definition) is 2. The normalized spacial score (nSPS) is 16.3. The predicted molar refractivity (Wildman–Crippen MR) is 84.3 cm³/mol. The van der Waals surface area contributed by atoms with Crippen LogP contribution in [-0.4, -0.2) is 72.6 Å². The third kappa shape index (κ3) is 3.95. The van der Waals surface area contributed by atoms with E-state index in [9.17, 15) is 21.6 Å². The number of hydrogen-bond acceptors (Lipinski definition) is 6. The van der Waals surface area contributed by atoms with Crippen molar-refractivity contribution in [1.29, 1.82) is 0 Å². The summed E-state index contributed by atoms with van der Waals surface area (Å²) in [5.74, 6) is -0.241. The van der Waals surface area contributed by atoms with Gasteiger partial charge in [-0.1, -0.05) is 0 Å². The summed E-state index contributed by atoms with van der Waals surface area (Å²) in [4.78, 5) is 13.0. The molecule has 1 saturated heterocycles. The van der Waals surface area contributed by atoms with E-state index in [1.807, 2.05) is 0 Å². The lowest BCUT2D eigenvalue weighted by atomic mass is 10.4. The van der Waals surface area contributed by atoms with Crippen LogP contribution >= 0.6 is 0 Å². The minimum absolute atomic E-state index is 0.161. The minimum atomic E-state index is -4.00. The van der Waals surface area contributed by atoms with Gasteiger partial charge in [-0.25, -0.2) is 26.3 Å². The second kappa shape index (κ2) is 7.19. The molecule has 1 aromatic heterocycles. The van der Waals surface area contributed by atoms with Gasteiger partial charge in [0.2, 0.25) is 26.0 Å². The molecule has 0 unspecified atom stereocenters. The molecule has 0 radical (unpaired) electrons. The van der Waals surface area contributed by atoms with Crippen LogP contribution in [0.4, 0.5) is 0 Å². The van der Waals surface area contributed by atoms with E-state index in [0.717, 1.165) is 12.4 Å². The van der Waals surface area contributed by atoms with Crippen molar-refractivity contribution in [3.05, 3.63) is 12.4 Å². The summed E-state index contributed by atoms with van der Waals surface area (Å²) in [7, 11) is -5.63. The van der Waals surface area contributed by atoms with Crippen molar-refractivity contribution in [3.8, 4) is 0 Å². The second-order valence-corrected chi connectivity index (χ2v) is 8.78. The fourth-order valence-electron chi connectivity index (χ4n) is 2.25. The number of morpholine rings is 1. The number of nitrogens with one attached hydrogen (secondary N) is 2. The summed E-state index contributed by atoms with van der Waals surface area (Å²) in [6.45, 7) is 1.62. The van der Waals surface area contributed by atoms with Crippen LogP contribution in [0.25, 0.3) is 0 Å². The van der Waals surface area contributed by atoms with E-state index in [0.29, 0.717) is 26.3 Å². The molecule has 0 bridgehead atoms. The molecule has 2 heterocycles. The molecule has 2 rings (SSSR count). The van der Waals surface area contributed by atoms with E-state index in [-0.39, 0.29) is 12.5 Å². The van der Waals surface area contributed by atoms with E-state index in [2.05, 4.69) is 9.44 Å². The Morgan fingerprint density at radius 3 is 1.92 bits per heavy atom. The molecule has 1 fully saturated rings. The maximum absolute atomic E-state index is 12.2. The number of rotatable bonds is 6. The van der Waals surface area contributed by atoms with Crippen LogP contribution in [0.5, 0.6) is 0 Å². The Hall–Kier alpha value is -1.47. The topological polar surface area (TPSA) is 127 Å². The van der Waals surface area contributed by atoms with Crippen molar-refractivity contribution < 1.29 is 26.4 Å². The fraction of sp³-hybridized carbons (Fsp3) is 0.583. The van der Waals surface area contributed by atoms with Gasteiger partial charge >= 0.3 is 0 Å². The van der Waals surface area contributed by atoms with Crippen LogP contribution in [0.3, 0.4) is 0 Å². The zero-order chi connectivity index (χ0) is 18.0. The maximum atomic E-state index is 12.2. The number of carbonyl (C=O) groups is 1. The number of ether oxygens (including phenoxy) is 1. The van der Waals surface area contributed by atoms with Gasteiger partial charge in [-0.15, -0.1) is 0 Å². The van der Waals surface area contributed by atoms with Crippen molar-refractivity contribution in [2.45, 2.75) is 16.3 Å². The summed E-state index contributed by atoms with van der Waals surface area (Å²) in [6, 6.07) is 0. The smallest absolute Gasteiger partial charge is 0.243 e. The summed E-state index contributed by atoms with van der Waals surface area (Å²) in [5.41, 5.74) is 0. The SMILES string of the molecule is CNS(=O)(=O)c1cn(CC(=O)N2CCOCC2)cc1S(=O)(=O)NC. The van der Waals surface area contributed by atoms with Gasteiger partial charge in [-0.2, -0.15) is 0 Å². The van der Waals surface area contributed by atoms with E-state index >= 15 is 0 Å². The molecule has 1 amide bonds. The van der Waals surface area contributed by atoms with E-state index < -0.39 is 29.8 Å². The molecule has 1 aromatic rings. The molecule has 12 heteroatoms. The molecule has 24 heavy (non-hydrogen) atoms. The Bertz CT molecular complexity index is 757. The quantitative estimate of drug-likeness (QED) is 0.597. The highest BCUT2D eigenvalue weighted by Gasteiger charge is 2.28. The Balaban J connectivity index is 2.35. The number of aromatic nitrogens is 1. The van der Waals surface area contributed by atoms with Crippen molar-refractivity contribution >= 4 is 26.0 Å². The predicted octanol–water partition coefficient (Wildman–Crippen LogP) is -1.84. The van der Waals surface area contributed by atoms with Crippen LogP contribution in [0, 0.1) is 0 Å². The maximum Gasteiger partial charge on any atom is 0.243 e. The van der Waals surface area contributed by atoms with Crippen LogP contribution in [-0.2, 0) is 36.1 Å². The number of carbonyl (C=O) groups excluding carboxylic acids is 1. The Labute approximate surface area is 140 Å². The average Bonchev–Trinajstić information content (AvgIpc) is 3.01. The molecule has 0 spiro atoms. The molecule has 1 aliphatic rings. The number of nitrogens with zero attached hydrogens (tertiary/aromatic N) is 2. The lowest BCUT2D eigenvalue weighted by molar-refractivity contribution is -0.135. The van der Waals surface area contributed by atoms with E-state index in [1.165, 1.54) is 18.7 Å². The molecule has 1 aliphatic heterocycles. The van der Waals surface area contributed by atoms with Crippen LogP contribution < -0.4 is 9.44 Å². The highest BCUT2D eigenvalue weighted by Crippen LogP contribution is 2.22. The van der Waals surface area contributed by atoms with Crippen LogP contribution in [0.1, 0.15) is 0 Å². The lowest BCUT2D eigenvalue weighted by Crippen LogP contribution is -2.42. The van der Waals surface area contributed by atoms with Gasteiger partial charge in [0.15, 0.2) is 0 Å². The summed E-state index contributed by atoms with van der Waals surface area (Å²) in [5, 5.41) is 0. The molecular formula is C12H20N4O6S2. The van der Waals surface area contributed by atoms with Gasteiger partial charge in [-0.3, -0.25) is 4.79 Å². The first kappa shape index (κ1) is 18.9. The monoisotopic (exact) mass is 380 g/mol. The molecule has 10 nitrogen and oxygen atoms in total. The van der Waals surface area contributed by atoms with Crippen molar-refractivity contribution in [3.63, 3.8) is 0 Å². The Kier molecular flexibility index (Phi) is 5.65. The standard InChI is InChI=1S/C12H20N4O6S2/c1-13-23(18,19)10-7-15(8-11(10)24(20,21)14-2)9-12(17)16-3-5-22-6-4-16/h7-8,13-14H,3-6,9H2,1-2H3. The largest absolute Gasteiger partial charge is 0.378 e. The highest BCUT2D eigenvalue weighted by molar-refractivity contribution is 7.92. The molecule has 0 aliphatic carbocycles. The van der Waals surface area contributed by atoms with Gasteiger partial charge < -0.3 is 14.2 Å². The summed E-state index contributed by atoms with van der Waals surface area (Å²) >= 11 is 0. The first-order chi connectivity index (χ1) is 11.2. The molecule has 0 saturated carbocycles. The molecular weight excluding hydrogens is 360 g/mol. The van der Waals surface area contributed by atoms with E-state index in [1.54, 1.807) is 4.90 Å². The van der Waals surface area contributed by atoms with Crippen molar-refractivity contribution in [2.24, 2.45) is 0 Å². The van der Waals surface area contributed by atoms with Gasteiger partial charge in [0, 0.05) is 25.5 Å². The summed E-state index contributed by atoms with van der Waals surface area (Å²) in [6.07, 6.45) is 2.27. The number of sulfonamides is 2. The molecule has 136 valence electrons. The van der Waals surface area contributed by atoms with Gasteiger partial charge in [-0.05, 0) is 14.1 Å². The van der Waals surface area contributed by atoms with Crippen molar-refractivity contribution in [2.75, 3.05) is 40.4 Å². The lowest BCUT2D eigenvalue weighted by Gasteiger charge is -2.26. The first-order valence-corrected chi connectivity index (χ1v) is 10.1. The summed E-state index contributed by atoms with van der Waals surface area (Å²) < 4.78 is 58.8. The fourth-order valence-corrected chi connectivity index (χ4v) is 4.53. The second-order valence-electron chi connectivity index (χ2n) is 5.07. The van der Waals surface area contributed by atoms with Crippen LogP contribution in [0.2, 0.25) is 0 Å². The highest BCUT2D eigenvalue weighted by atomic mass is 32.2. The zero-order valence-electron chi connectivity index (χ0n) is 13.4. The van der Waals surface area contributed by atoms with Gasteiger partial charge in [0.1, 0.15) is 16.3 Å². The first-order valence-electron chi connectivity index (χ1n) is 7.13. The van der Waals surface area contributed by atoms with Crippen molar-refractivity contribution in [1.82, 2.24) is 18.9 Å². The third-order valence-electron chi connectivity index (χ3n) is 3.61. The van der Waals surface area contributed by atoms with Gasteiger partial charge in [0.05, 0.1) is 13.2 Å². The molecule has 0 aromatic carbocycles. The number of amides is 1. The van der Waals surface area contributed by atoms with Crippen LogP contribution in [0.15, 0.2) is 22.2 Å². The Morgan fingerprint density at radius 1 is 1.04 bits per heavy atom. The zero-order valence-corrected chi connectivity index (χ0v) is 15.0. The third-order valence-corrected chi connectivity index (χ3v) is 6.62. The van der Waals surface area contributed by atoms with E-state index in [4.69, 9.17) is 4.74 Å². The minimum Gasteiger partial charge on any atom is -0.378 e. The van der Waals surface area contributed by atoms with Gasteiger partial charge in [0.25, 0.3) is 0 Å². The molecule has 2 N–H and O–H groups in total.